The Morgan fingerprint density at radius 2 is 2.07 bits per heavy atom. The Kier molecular flexibility index (Phi) is 4.88. The maximum atomic E-state index is 13.8. The van der Waals surface area contributed by atoms with Gasteiger partial charge in [-0.15, -0.1) is 0 Å². The summed E-state index contributed by atoms with van der Waals surface area (Å²) in [6.45, 7) is 0. The van der Waals surface area contributed by atoms with Crippen molar-refractivity contribution >= 4 is 45.9 Å². The highest BCUT2D eigenvalue weighted by Crippen LogP contribution is 2.36. The second-order valence-corrected chi connectivity index (χ2v) is 7.66. The highest BCUT2D eigenvalue weighted by molar-refractivity contribution is 7.99. The van der Waals surface area contributed by atoms with E-state index in [1.54, 1.807) is 16.7 Å². The van der Waals surface area contributed by atoms with E-state index in [4.69, 9.17) is 11.6 Å². The fourth-order valence-corrected chi connectivity index (χ4v) is 3.81. The molecule has 1 fully saturated rings. The summed E-state index contributed by atoms with van der Waals surface area (Å²) in [4.78, 5) is 29.6. The number of nitrogens with one attached hydrogen (secondary N) is 1. The fourth-order valence-electron chi connectivity index (χ4n) is 2.79. The molecule has 0 atom stereocenters. The smallest absolute Gasteiger partial charge is 0.262 e. The largest absolute Gasteiger partial charge is 0.323 e. The number of aromatic nitrogens is 2. The Balaban J connectivity index is 1.55. The molecule has 1 aliphatic rings. The lowest BCUT2D eigenvalue weighted by Gasteiger charge is -2.12. The van der Waals surface area contributed by atoms with Crippen LogP contribution in [0.15, 0.2) is 52.4 Å². The number of hydrogen-bond acceptors (Lipinski definition) is 4. The normalized spacial score (nSPS) is 13.7. The van der Waals surface area contributed by atoms with Gasteiger partial charge in [0.1, 0.15) is 5.82 Å². The number of fused-ring (bicyclic) bond motifs is 1. The predicted molar refractivity (Wildman–Crippen MR) is 105 cm³/mol. The molecule has 3 aromatic rings. The SMILES string of the molecule is O=C(CSc1nc2ccccc2c(=O)n1C1CC1)Nc1ccc(Cl)cc1F. The fraction of sp³-hybridized carbons (Fsp3) is 0.211. The molecule has 0 saturated heterocycles. The number of benzene rings is 2. The third kappa shape index (κ3) is 3.84. The van der Waals surface area contributed by atoms with Crippen LogP contribution in [0.1, 0.15) is 18.9 Å². The summed E-state index contributed by atoms with van der Waals surface area (Å²) < 4.78 is 15.5. The van der Waals surface area contributed by atoms with Crippen molar-refractivity contribution in [2.75, 3.05) is 11.1 Å². The molecule has 1 aromatic heterocycles. The van der Waals surface area contributed by atoms with Crippen molar-refractivity contribution in [3.05, 3.63) is 63.7 Å². The predicted octanol–water partition coefficient (Wildman–Crippen LogP) is 4.25. The molecule has 5 nitrogen and oxygen atoms in total. The van der Waals surface area contributed by atoms with E-state index in [2.05, 4.69) is 10.3 Å². The first-order valence-electron chi connectivity index (χ1n) is 8.42. The van der Waals surface area contributed by atoms with Crippen LogP contribution in [0, 0.1) is 5.82 Å². The number of hydrogen-bond donors (Lipinski definition) is 1. The van der Waals surface area contributed by atoms with Gasteiger partial charge in [-0.2, -0.15) is 0 Å². The summed E-state index contributed by atoms with van der Waals surface area (Å²) in [5.74, 6) is -0.968. The Morgan fingerprint density at radius 3 is 2.81 bits per heavy atom. The Labute approximate surface area is 163 Å². The van der Waals surface area contributed by atoms with E-state index in [0.717, 1.165) is 18.9 Å². The quantitative estimate of drug-likeness (QED) is 0.511. The number of para-hydroxylation sites is 1. The minimum atomic E-state index is -0.598. The summed E-state index contributed by atoms with van der Waals surface area (Å²) in [6.07, 6.45) is 1.85. The molecule has 1 heterocycles. The Morgan fingerprint density at radius 1 is 1.30 bits per heavy atom. The molecule has 0 bridgehead atoms. The number of anilines is 1. The lowest BCUT2D eigenvalue weighted by molar-refractivity contribution is -0.113. The van der Waals surface area contributed by atoms with Crippen molar-refractivity contribution in [1.29, 1.82) is 0 Å². The van der Waals surface area contributed by atoms with Gasteiger partial charge in [0, 0.05) is 11.1 Å². The molecule has 0 unspecified atom stereocenters. The second kappa shape index (κ2) is 7.32. The molecule has 0 spiro atoms. The van der Waals surface area contributed by atoms with Gasteiger partial charge in [-0.3, -0.25) is 14.2 Å². The third-order valence-corrected chi connectivity index (χ3v) is 5.41. The van der Waals surface area contributed by atoms with E-state index in [0.29, 0.717) is 16.1 Å². The molecule has 8 heteroatoms. The molecule has 2 aromatic carbocycles. The van der Waals surface area contributed by atoms with Gasteiger partial charge in [0.15, 0.2) is 5.16 Å². The molecule has 1 amide bonds. The van der Waals surface area contributed by atoms with Crippen LogP contribution in [0.25, 0.3) is 10.9 Å². The van der Waals surface area contributed by atoms with Crippen LogP contribution < -0.4 is 10.9 Å². The Hall–Kier alpha value is -2.38. The van der Waals surface area contributed by atoms with Crippen molar-refractivity contribution in [3.8, 4) is 0 Å². The first-order valence-corrected chi connectivity index (χ1v) is 9.78. The van der Waals surface area contributed by atoms with Crippen molar-refractivity contribution in [2.45, 2.75) is 24.0 Å². The van der Waals surface area contributed by atoms with Gasteiger partial charge in [-0.1, -0.05) is 35.5 Å². The molecule has 0 radical (unpaired) electrons. The van der Waals surface area contributed by atoms with Crippen LogP contribution in [0.4, 0.5) is 10.1 Å². The van der Waals surface area contributed by atoms with Gasteiger partial charge in [-0.05, 0) is 43.2 Å². The topological polar surface area (TPSA) is 64.0 Å². The molecule has 138 valence electrons. The van der Waals surface area contributed by atoms with E-state index in [1.807, 2.05) is 12.1 Å². The van der Waals surface area contributed by atoms with E-state index in [9.17, 15) is 14.0 Å². The number of carbonyl (C=O) groups excluding carboxylic acids is 1. The minimum Gasteiger partial charge on any atom is -0.323 e. The lowest BCUT2D eigenvalue weighted by atomic mass is 10.2. The van der Waals surface area contributed by atoms with Crippen LogP contribution in [-0.4, -0.2) is 21.2 Å². The highest BCUT2D eigenvalue weighted by atomic mass is 35.5. The van der Waals surface area contributed by atoms with Gasteiger partial charge >= 0.3 is 0 Å². The molecule has 0 aliphatic heterocycles. The average Bonchev–Trinajstić information content (AvgIpc) is 3.47. The van der Waals surface area contributed by atoms with Crippen molar-refractivity contribution in [2.24, 2.45) is 0 Å². The molecule has 27 heavy (non-hydrogen) atoms. The van der Waals surface area contributed by atoms with E-state index >= 15 is 0 Å². The maximum absolute atomic E-state index is 13.8. The first kappa shape index (κ1) is 18.0. The van der Waals surface area contributed by atoms with Gasteiger partial charge in [-0.25, -0.2) is 9.37 Å². The summed E-state index contributed by atoms with van der Waals surface area (Å²) in [5, 5.41) is 3.85. The zero-order chi connectivity index (χ0) is 19.0. The summed E-state index contributed by atoms with van der Waals surface area (Å²) in [7, 11) is 0. The van der Waals surface area contributed by atoms with Crippen molar-refractivity contribution < 1.29 is 9.18 Å². The first-order chi connectivity index (χ1) is 13.0. The average molecular weight is 404 g/mol. The summed E-state index contributed by atoms with van der Waals surface area (Å²) in [5.41, 5.74) is 0.580. The van der Waals surface area contributed by atoms with E-state index < -0.39 is 5.82 Å². The Bertz CT molecular complexity index is 1100. The van der Waals surface area contributed by atoms with Crippen LogP contribution in [-0.2, 0) is 4.79 Å². The number of carbonyl (C=O) groups is 1. The van der Waals surface area contributed by atoms with Gasteiger partial charge in [0.05, 0.1) is 22.3 Å². The third-order valence-electron chi connectivity index (χ3n) is 4.23. The van der Waals surface area contributed by atoms with Crippen LogP contribution in [0.2, 0.25) is 5.02 Å². The van der Waals surface area contributed by atoms with Crippen molar-refractivity contribution in [3.63, 3.8) is 0 Å². The molecule has 1 aliphatic carbocycles. The van der Waals surface area contributed by atoms with Gasteiger partial charge in [0.25, 0.3) is 5.56 Å². The van der Waals surface area contributed by atoms with Gasteiger partial charge < -0.3 is 5.32 Å². The molecular formula is C19H15ClFN3O2S. The van der Waals surface area contributed by atoms with Crippen LogP contribution >= 0.6 is 23.4 Å². The van der Waals surface area contributed by atoms with E-state index in [1.165, 1.54) is 23.9 Å². The van der Waals surface area contributed by atoms with Gasteiger partial charge in [0.2, 0.25) is 5.91 Å². The number of nitrogens with zero attached hydrogens (tertiary/aromatic N) is 2. The monoisotopic (exact) mass is 403 g/mol. The summed E-state index contributed by atoms with van der Waals surface area (Å²) in [6, 6.07) is 11.4. The standard InChI is InChI=1S/C19H15ClFN3O2S/c20-11-5-8-16(14(21)9-11)22-17(25)10-27-19-23-15-4-2-1-3-13(15)18(26)24(19)12-6-7-12/h1-5,8-9,12H,6-7,10H2,(H,22,25). The van der Waals surface area contributed by atoms with Crippen LogP contribution in [0.5, 0.6) is 0 Å². The zero-order valence-electron chi connectivity index (χ0n) is 14.1. The second-order valence-electron chi connectivity index (χ2n) is 6.28. The number of amides is 1. The lowest BCUT2D eigenvalue weighted by Crippen LogP contribution is -2.23. The minimum absolute atomic E-state index is 0.0135. The molecule has 1 saturated carbocycles. The van der Waals surface area contributed by atoms with Crippen LogP contribution in [0.3, 0.4) is 0 Å². The number of thioether (sulfide) groups is 1. The maximum Gasteiger partial charge on any atom is 0.262 e. The zero-order valence-corrected chi connectivity index (χ0v) is 15.7. The van der Waals surface area contributed by atoms with Crippen molar-refractivity contribution in [1.82, 2.24) is 9.55 Å². The summed E-state index contributed by atoms with van der Waals surface area (Å²) >= 11 is 6.88. The highest BCUT2D eigenvalue weighted by Gasteiger charge is 2.28. The number of rotatable bonds is 5. The molecular weight excluding hydrogens is 389 g/mol. The van der Waals surface area contributed by atoms with E-state index in [-0.39, 0.29) is 34.0 Å². The molecule has 4 rings (SSSR count). The number of halogens is 2. The molecule has 1 N–H and O–H groups in total.